The molecule has 3 rings (SSSR count). The molecule has 0 aliphatic carbocycles. The summed E-state index contributed by atoms with van der Waals surface area (Å²) in [6.07, 6.45) is 4.08. The molecule has 106 valence electrons. The largest absolute Gasteiger partial charge is 0.348 e. The highest BCUT2D eigenvalue weighted by molar-refractivity contribution is 5.51. The molecule has 0 radical (unpaired) electrons. The van der Waals surface area contributed by atoms with Gasteiger partial charge < -0.3 is 4.90 Å². The van der Waals surface area contributed by atoms with Gasteiger partial charge in [0.25, 0.3) is 0 Å². The summed E-state index contributed by atoms with van der Waals surface area (Å²) < 4.78 is 4.87. The first-order valence-corrected chi connectivity index (χ1v) is 7.19. The van der Waals surface area contributed by atoms with E-state index in [-0.39, 0.29) is 6.04 Å². The first kappa shape index (κ1) is 13.1. The van der Waals surface area contributed by atoms with Gasteiger partial charge in [0.1, 0.15) is 17.2 Å². The van der Waals surface area contributed by atoms with E-state index in [0.29, 0.717) is 5.92 Å². The zero-order chi connectivity index (χ0) is 14.1. The SMILES string of the molecule is Cc1nonc1C1CCCN1c1ncccc1C(C)C. The standard InChI is InChI=1S/C15H20N4O/c1-10(2)12-6-4-8-16-15(12)19-9-5-7-13(19)14-11(3)17-20-18-14/h4,6,8,10,13H,5,7,9H2,1-3H3. The van der Waals surface area contributed by atoms with Crippen molar-refractivity contribution >= 4 is 5.82 Å². The van der Waals surface area contributed by atoms with Crippen molar-refractivity contribution in [1.29, 1.82) is 0 Å². The Bertz CT molecular complexity index is 593. The lowest BCUT2D eigenvalue weighted by atomic mass is 10.0. The minimum absolute atomic E-state index is 0.230. The fourth-order valence-corrected chi connectivity index (χ4v) is 2.94. The smallest absolute Gasteiger partial charge is 0.132 e. The number of hydrogen-bond donors (Lipinski definition) is 0. The number of rotatable bonds is 3. The van der Waals surface area contributed by atoms with E-state index in [1.807, 2.05) is 19.2 Å². The normalized spacial score (nSPS) is 19.0. The molecule has 1 fully saturated rings. The Morgan fingerprint density at radius 3 is 2.90 bits per heavy atom. The topological polar surface area (TPSA) is 55.1 Å². The molecule has 2 aromatic rings. The van der Waals surface area contributed by atoms with Crippen molar-refractivity contribution in [3.05, 3.63) is 35.3 Å². The summed E-state index contributed by atoms with van der Waals surface area (Å²) in [6.45, 7) is 7.36. The molecule has 5 nitrogen and oxygen atoms in total. The van der Waals surface area contributed by atoms with E-state index in [9.17, 15) is 0 Å². The monoisotopic (exact) mass is 272 g/mol. The van der Waals surface area contributed by atoms with E-state index in [2.05, 4.69) is 40.1 Å². The van der Waals surface area contributed by atoms with Gasteiger partial charge in [-0.15, -0.1) is 0 Å². The second kappa shape index (κ2) is 5.23. The Balaban J connectivity index is 1.99. The zero-order valence-electron chi connectivity index (χ0n) is 12.2. The van der Waals surface area contributed by atoms with Gasteiger partial charge in [-0.2, -0.15) is 0 Å². The number of nitrogens with zero attached hydrogens (tertiary/aromatic N) is 4. The lowest BCUT2D eigenvalue weighted by Gasteiger charge is -2.27. The molecule has 3 heterocycles. The van der Waals surface area contributed by atoms with Crippen molar-refractivity contribution in [2.75, 3.05) is 11.4 Å². The molecular formula is C15H20N4O. The maximum absolute atomic E-state index is 4.87. The molecule has 1 aliphatic rings. The Morgan fingerprint density at radius 1 is 1.35 bits per heavy atom. The molecule has 0 amide bonds. The van der Waals surface area contributed by atoms with Crippen LogP contribution in [-0.4, -0.2) is 21.8 Å². The molecule has 0 N–H and O–H groups in total. The summed E-state index contributed by atoms with van der Waals surface area (Å²) in [5, 5.41) is 8.01. The van der Waals surface area contributed by atoms with E-state index >= 15 is 0 Å². The van der Waals surface area contributed by atoms with E-state index in [4.69, 9.17) is 4.63 Å². The minimum atomic E-state index is 0.230. The molecule has 1 saturated heterocycles. The Labute approximate surface area is 119 Å². The summed E-state index contributed by atoms with van der Waals surface area (Å²) >= 11 is 0. The van der Waals surface area contributed by atoms with Crippen LogP contribution < -0.4 is 4.90 Å². The van der Waals surface area contributed by atoms with Gasteiger partial charge in [-0.1, -0.05) is 30.2 Å². The van der Waals surface area contributed by atoms with Crippen LogP contribution in [0.3, 0.4) is 0 Å². The summed E-state index contributed by atoms with van der Waals surface area (Å²) in [4.78, 5) is 6.97. The van der Waals surface area contributed by atoms with Gasteiger partial charge in [-0.25, -0.2) is 9.61 Å². The molecule has 1 atom stereocenters. The lowest BCUT2D eigenvalue weighted by Crippen LogP contribution is -2.25. The third-order valence-electron chi connectivity index (χ3n) is 3.97. The molecule has 5 heteroatoms. The van der Waals surface area contributed by atoms with E-state index < -0.39 is 0 Å². The quantitative estimate of drug-likeness (QED) is 0.858. The van der Waals surface area contributed by atoms with Gasteiger partial charge in [0.15, 0.2) is 0 Å². The van der Waals surface area contributed by atoms with Crippen molar-refractivity contribution in [2.24, 2.45) is 0 Å². The van der Waals surface area contributed by atoms with Gasteiger partial charge in [-0.05, 0) is 37.3 Å². The van der Waals surface area contributed by atoms with Gasteiger partial charge in [0.05, 0.1) is 6.04 Å². The average Bonchev–Trinajstić information content (AvgIpc) is 3.06. The molecule has 20 heavy (non-hydrogen) atoms. The van der Waals surface area contributed by atoms with Gasteiger partial charge in [0.2, 0.25) is 0 Å². The van der Waals surface area contributed by atoms with Crippen molar-refractivity contribution in [1.82, 2.24) is 15.3 Å². The van der Waals surface area contributed by atoms with E-state index in [1.165, 1.54) is 5.56 Å². The summed E-state index contributed by atoms with van der Waals surface area (Å²) in [5.74, 6) is 1.53. The van der Waals surface area contributed by atoms with Crippen LogP contribution >= 0.6 is 0 Å². The van der Waals surface area contributed by atoms with Crippen LogP contribution in [0.1, 0.15) is 55.6 Å². The van der Waals surface area contributed by atoms with Crippen molar-refractivity contribution in [3.8, 4) is 0 Å². The Kier molecular flexibility index (Phi) is 3.42. The first-order valence-electron chi connectivity index (χ1n) is 7.19. The third-order valence-corrected chi connectivity index (χ3v) is 3.97. The predicted molar refractivity (Wildman–Crippen MR) is 76.7 cm³/mol. The van der Waals surface area contributed by atoms with Crippen LogP contribution in [0.5, 0.6) is 0 Å². The van der Waals surface area contributed by atoms with Crippen molar-refractivity contribution in [3.63, 3.8) is 0 Å². The van der Waals surface area contributed by atoms with Crippen LogP contribution in [0.4, 0.5) is 5.82 Å². The van der Waals surface area contributed by atoms with Crippen LogP contribution in [0.2, 0.25) is 0 Å². The van der Waals surface area contributed by atoms with E-state index in [0.717, 1.165) is 36.6 Å². The third kappa shape index (κ3) is 2.17. The van der Waals surface area contributed by atoms with Crippen molar-refractivity contribution in [2.45, 2.75) is 45.6 Å². The molecule has 0 spiro atoms. The highest BCUT2D eigenvalue weighted by Crippen LogP contribution is 2.38. The number of anilines is 1. The van der Waals surface area contributed by atoms with Gasteiger partial charge in [-0.3, -0.25) is 0 Å². The fraction of sp³-hybridized carbons (Fsp3) is 0.533. The summed E-state index contributed by atoms with van der Waals surface area (Å²) in [7, 11) is 0. The highest BCUT2D eigenvalue weighted by Gasteiger charge is 2.32. The van der Waals surface area contributed by atoms with Crippen LogP contribution in [0, 0.1) is 6.92 Å². The second-order valence-electron chi connectivity index (χ2n) is 5.66. The molecule has 0 bridgehead atoms. The van der Waals surface area contributed by atoms with Crippen LogP contribution in [0.15, 0.2) is 23.0 Å². The van der Waals surface area contributed by atoms with E-state index in [1.54, 1.807) is 0 Å². The fourth-order valence-electron chi connectivity index (χ4n) is 2.94. The van der Waals surface area contributed by atoms with Crippen LogP contribution in [0.25, 0.3) is 0 Å². The second-order valence-corrected chi connectivity index (χ2v) is 5.66. The van der Waals surface area contributed by atoms with Gasteiger partial charge in [0, 0.05) is 12.7 Å². The minimum Gasteiger partial charge on any atom is -0.348 e. The molecule has 0 aromatic carbocycles. The summed E-state index contributed by atoms with van der Waals surface area (Å²) in [6, 6.07) is 4.40. The number of hydrogen-bond acceptors (Lipinski definition) is 5. The molecule has 1 unspecified atom stereocenters. The number of aromatic nitrogens is 3. The first-order chi connectivity index (χ1) is 9.68. The molecule has 2 aromatic heterocycles. The predicted octanol–water partition coefficient (Wildman–Crippen LogP) is 3.24. The van der Waals surface area contributed by atoms with Crippen molar-refractivity contribution < 1.29 is 4.63 Å². The lowest BCUT2D eigenvalue weighted by molar-refractivity contribution is 0.299. The Morgan fingerprint density at radius 2 is 2.20 bits per heavy atom. The van der Waals surface area contributed by atoms with Gasteiger partial charge >= 0.3 is 0 Å². The molecule has 0 saturated carbocycles. The molecular weight excluding hydrogens is 252 g/mol. The highest BCUT2D eigenvalue weighted by atomic mass is 16.6. The number of pyridine rings is 1. The maximum Gasteiger partial charge on any atom is 0.132 e. The Hall–Kier alpha value is -1.91. The molecule has 1 aliphatic heterocycles. The summed E-state index contributed by atoms with van der Waals surface area (Å²) in [5.41, 5.74) is 3.11. The van der Waals surface area contributed by atoms with Crippen LogP contribution in [-0.2, 0) is 0 Å². The average molecular weight is 272 g/mol. The zero-order valence-corrected chi connectivity index (χ0v) is 12.2. The number of aryl methyl sites for hydroxylation is 1. The maximum atomic E-state index is 4.87.